The van der Waals surface area contributed by atoms with Crippen molar-refractivity contribution in [1.29, 1.82) is 0 Å². The topological polar surface area (TPSA) is 69.2 Å². The van der Waals surface area contributed by atoms with E-state index in [0.717, 1.165) is 5.56 Å². The third kappa shape index (κ3) is 4.01. The number of hydrogen-bond acceptors (Lipinski definition) is 5. The maximum absolute atomic E-state index is 11.5. The minimum absolute atomic E-state index is 0.0329. The molecule has 0 atom stereocenters. The molecule has 0 saturated carbocycles. The Morgan fingerprint density at radius 1 is 1.19 bits per heavy atom. The van der Waals surface area contributed by atoms with Crippen LogP contribution in [0.2, 0.25) is 0 Å². The van der Waals surface area contributed by atoms with Crippen LogP contribution in [0.15, 0.2) is 40.0 Å². The Kier molecular flexibility index (Phi) is 4.63. The molecule has 112 valence electrons. The van der Waals surface area contributed by atoms with Gasteiger partial charge in [-0.25, -0.2) is 18.4 Å². The van der Waals surface area contributed by atoms with E-state index in [1.807, 2.05) is 13.8 Å². The van der Waals surface area contributed by atoms with Gasteiger partial charge in [-0.3, -0.25) is 0 Å². The van der Waals surface area contributed by atoms with Gasteiger partial charge in [-0.1, -0.05) is 12.1 Å². The second-order valence-corrected chi connectivity index (χ2v) is 7.64. The molecule has 0 saturated heterocycles. The summed E-state index contributed by atoms with van der Waals surface area (Å²) in [6, 6.07) is 6.48. The van der Waals surface area contributed by atoms with Crippen LogP contribution in [0.3, 0.4) is 0 Å². The third-order valence-corrected chi connectivity index (χ3v) is 4.12. The fraction of sp³-hybridized carbons (Fsp3) is 0.286. The number of ether oxygens (including phenoxy) is 1. The third-order valence-electron chi connectivity index (χ3n) is 2.61. The highest BCUT2D eigenvalue weighted by atomic mass is 79.9. The fourth-order valence-corrected chi connectivity index (χ4v) is 2.62. The number of halogens is 1. The lowest BCUT2D eigenvalue weighted by atomic mass is 10.1. The van der Waals surface area contributed by atoms with Gasteiger partial charge in [0, 0.05) is 11.8 Å². The fourth-order valence-electron chi connectivity index (χ4n) is 1.71. The van der Waals surface area contributed by atoms with E-state index >= 15 is 0 Å². The molecule has 0 radical (unpaired) electrons. The van der Waals surface area contributed by atoms with Gasteiger partial charge >= 0.3 is 0 Å². The molecule has 0 spiro atoms. The average Bonchev–Trinajstić information content (AvgIpc) is 2.39. The van der Waals surface area contributed by atoms with Gasteiger partial charge in [-0.15, -0.1) is 0 Å². The zero-order valence-corrected chi connectivity index (χ0v) is 14.3. The molecule has 2 aromatic rings. The minimum Gasteiger partial charge on any atom is -0.473 e. The van der Waals surface area contributed by atoms with Crippen molar-refractivity contribution in [1.82, 2.24) is 9.97 Å². The van der Waals surface area contributed by atoms with Crippen molar-refractivity contribution < 1.29 is 13.2 Å². The summed E-state index contributed by atoms with van der Waals surface area (Å²) in [5, 5.41) is 0. The van der Waals surface area contributed by atoms with E-state index in [4.69, 9.17) is 4.74 Å². The van der Waals surface area contributed by atoms with E-state index in [1.165, 1.54) is 6.26 Å². The first kappa shape index (κ1) is 15.9. The van der Waals surface area contributed by atoms with E-state index in [2.05, 4.69) is 25.9 Å². The first-order valence-corrected chi connectivity index (χ1v) is 8.95. The molecule has 1 aromatic carbocycles. The molecule has 0 bridgehead atoms. The van der Waals surface area contributed by atoms with Gasteiger partial charge in [-0.2, -0.15) is 0 Å². The van der Waals surface area contributed by atoms with Gasteiger partial charge in [0.2, 0.25) is 5.88 Å². The molecular weight excluding hydrogens is 356 g/mol. The standard InChI is InChI=1S/C14H15BrN2O3S/c1-9(2)20-14-13(17-12(15)8-16-14)10-4-6-11(7-5-10)21(3,18)19/h4-9H,1-3H3. The lowest BCUT2D eigenvalue weighted by molar-refractivity contribution is 0.233. The van der Waals surface area contributed by atoms with Gasteiger partial charge < -0.3 is 4.74 Å². The summed E-state index contributed by atoms with van der Waals surface area (Å²) in [5.41, 5.74) is 1.31. The first-order valence-electron chi connectivity index (χ1n) is 6.27. The molecule has 0 fully saturated rings. The molecular formula is C14H15BrN2O3S. The molecule has 0 N–H and O–H groups in total. The van der Waals surface area contributed by atoms with Gasteiger partial charge in [0.25, 0.3) is 0 Å². The molecule has 5 nitrogen and oxygen atoms in total. The predicted octanol–water partition coefficient (Wildman–Crippen LogP) is 3.10. The maximum atomic E-state index is 11.5. The number of rotatable bonds is 4. The van der Waals surface area contributed by atoms with Gasteiger partial charge in [0.15, 0.2) is 9.84 Å². The maximum Gasteiger partial charge on any atom is 0.240 e. The summed E-state index contributed by atoms with van der Waals surface area (Å²) in [4.78, 5) is 8.85. The average molecular weight is 371 g/mol. The molecule has 21 heavy (non-hydrogen) atoms. The van der Waals surface area contributed by atoms with Crippen LogP contribution in [-0.4, -0.2) is 30.7 Å². The van der Waals surface area contributed by atoms with Crippen LogP contribution in [0.4, 0.5) is 0 Å². The molecule has 1 heterocycles. The van der Waals surface area contributed by atoms with Gasteiger partial charge in [0.1, 0.15) is 10.3 Å². The number of nitrogens with zero attached hydrogens (tertiary/aromatic N) is 2. The highest BCUT2D eigenvalue weighted by Gasteiger charge is 2.14. The quantitative estimate of drug-likeness (QED) is 0.826. The smallest absolute Gasteiger partial charge is 0.240 e. The largest absolute Gasteiger partial charge is 0.473 e. The Hall–Kier alpha value is -1.47. The molecule has 0 aliphatic heterocycles. The zero-order chi connectivity index (χ0) is 15.6. The van der Waals surface area contributed by atoms with Crippen LogP contribution in [0.1, 0.15) is 13.8 Å². The van der Waals surface area contributed by atoms with E-state index in [9.17, 15) is 8.42 Å². The SMILES string of the molecule is CC(C)Oc1ncc(Br)nc1-c1ccc(S(C)(=O)=O)cc1. The van der Waals surface area contributed by atoms with E-state index in [-0.39, 0.29) is 11.0 Å². The molecule has 1 aromatic heterocycles. The molecule has 0 aliphatic carbocycles. The summed E-state index contributed by atoms with van der Waals surface area (Å²) >= 11 is 3.28. The van der Waals surface area contributed by atoms with Crippen LogP contribution in [-0.2, 0) is 9.84 Å². The van der Waals surface area contributed by atoms with Crippen molar-refractivity contribution in [3.05, 3.63) is 35.1 Å². The summed E-state index contributed by atoms with van der Waals surface area (Å²) in [5.74, 6) is 0.417. The van der Waals surface area contributed by atoms with Crippen molar-refractivity contribution in [2.24, 2.45) is 0 Å². The predicted molar refractivity (Wildman–Crippen MR) is 84.0 cm³/mol. The van der Waals surface area contributed by atoms with Crippen LogP contribution in [0.25, 0.3) is 11.3 Å². The molecule has 2 rings (SSSR count). The highest BCUT2D eigenvalue weighted by Crippen LogP contribution is 2.29. The lowest BCUT2D eigenvalue weighted by Crippen LogP contribution is -2.09. The Bertz CT molecular complexity index is 743. The lowest BCUT2D eigenvalue weighted by Gasteiger charge is -2.12. The van der Waals surface area contributed by atoms with Crippen LogP contribution < -0.4 is 4.74 Å². The van der Waals surface area contributed by atoms with E-state index < -0.39 is 9.84 Å². The Morgan fingerprint density at radius 3 is 2.33 bits per heavy atom. The van der Waals surface area contributed by atoms with Crippen LogP contribution >= 0.6 is 15.9 Å². The number of hydrogen-bond donors (Lipinski definition) is 0. The molecule has 0 unspecified atom stereocenters. The van der Waals surface area contributed by atoms with Gasteiger partial charge in [-0.05, 0) is 41.9 Å². The van der Waals surface area contributed by atoms with Crippen molar-refractivity contribution >= 4 is 25.8 Å². The van der Waals surface area contributed by atoms with Crippen LogP contribution in [0, 0.1) is 0 Å². The Balaban J connectivity index is 2.48. The summed E-state index contributed by atoms with van der Waals surface area (Å²) < 4.78 is 29.2. The minimum atomic E-state index is -3.22. The summed E-state index contributed by atoms with van der Waals surface area (Å²) in [6.45, 7) is 3.81. The normalized spacial score (nSPS) is 11.7. The number of aromatic nitrogens is 2. The number of sulfone groups is 1. The second kappa shape index (κ2) is 6.11. The summed E-state index contributed by atoms with van der Waals surface area (Å²) in [6.07, 6.45) is 2.70. The highest BCUT2D eigenvalue weighted by molar-refractivity contribution is 9.10. The van der Waals surface area contributed by atoms with Crippen molar-refractivity contribution in [2.45, 2.75) is 24.8 Å². The first-order chi connectivity index (χ1) is 9.77. The molecule has 7 heteroatoms. The van der Waals surface area contributed by atoms with Crippen molar-refractivity contribution in [3.63, 3.8) is 0 Å². The second-order valence-electron chi connectivity index (χ2n) is 4.81. The zero-order valence-electron chi connectivity index (χ0n) is 11.9. The Labute approximate surface area is 132 Å². The monoisotopic (exact) mass is 370 g/mol. The van der Waals surface area contributed by atoms with Crippen molar-refractivity contribution in [3.8, 4) is 17.1 Å². The van der Waals surface area contributed by atoms with Crippen molar-refractivity contribution in [2.75, 3.05) is 6.26 Å². The molecule has 0 aliphatic rings. The Morgan fingerprint density at radius 2 is 1.81 bits per heavy atom. The van der Waals surface area contributed by atoms with E-state index in [0.29, 0.717) is 16.2 Å². The van der Waals surface area contributed by atoms with E-state index in [1.54, 1.807) is 30.5 Å². The number of benzene rings is 1. The van der Waals surface area contributed by atoms with Crippen LogP contribution in [0.5, 0.6) is 5.88 Å². The molecule has 0 amide bonds. The van der Waals surface area contributed by atoms with Gasteiger partial charge in [0.05, 0.1) is 17.2 Å². The summed E-state index contributed by atoms with van der Waals surface area (Å²) in [7, 11) is -3.22.